The van der Waals surface area contributed by atoms with Crippen molar-refractivity contribution < 1.29 is 337 Å². The number of methoxy groups -OCH3 is 2. The van der Waals surface area contributed by atoms with Crippen LogP contribution in [0.2, 0.25) is 0 Å². The molecule has 0 amide bonds. The minimum atomic E-state index is -0.608. The smallest absolute Gasteiger partial charge is 0.335 e. The van der Waals surface area contributed by atoms with Gasteiger partial charge in [-0.05, 0) is 42.3 Å². The van der Waals surface area contributed by atoms with Gasteiger partial charge in [-0.1, -0.05) is 218 Å². The summed E-state index contributed by atoms with van der Waals surface area (Å²) in [5, 5.41) is 0. The quantitative estimate of drug-likeness (QED) is 0.140. The molecule has 7 rings (SSSR count). The van der Waals surface area contributed by atoms with Gasteiger partial charge in [0.15, 0.2) is 0 Å². The normalized spacial score (nSPS) is 6.33. The number of nitrogens with zero attached hydrogens (tertiary/aromatic N) is 5. The zero-order valence-electron chi connectivity index (χ0n) is 55.3. The summed E-state index contributed by atoms with van der Waals surface area (Å²) in [7, 11) is 22.5. The van der Waals surface area contributed by atoms with Gasteiger partial charge >= 0.3 is 17.1 Å². The summed E-state index contributed by atoms with van der Waals surface area (Å²) in [5.41, 5.74) is -1.82. The van der Waals surface area contributed by atoms with Crippen molar-refractivity contribution in [3.63, 3.8) is 0 Å². The van der Waals surface area contributed by atoms with Crippen molar-refractivity contribution in [2.75, 3.05) is 70.7 Å². The largest absolute Gasteiger partial charge is 0.388 e. The van der Waals surface area contributed by atoms with Crippen LogP contribution in [-0.4, -0.2) is 94.2 Å². The first-order chi connectivity index (χ1) is 29.8. The predicted molar refractivity (Wildman–Crippen MR) is 330 cm³/mol. The Hall–Kier alpha value is 4.61. The third-order valence-electron chi connectivity index (χ3n) is 5.72. The van der Waals surface area contributed by atoms with Gasteiger partial charge in [0.05, 0.1) is 0 Å². The van der Waals surface area contributed by atoms with Crippen LogP contribution < -0.4 is 17.1 Å². The predicted octanol–water partition coefficient (Wildman–Crippen LogP) is 13.3. The van der Waals surface area contributed by atoms with Crippen molar-refractivity contribution in [3.8, 4) is 0 Å². The molecule has 10 radical (unpaired) electrons. The van der Waals surface area contributed by atoms with Crippen molar-refractivity contribution in [2.45, 2.75) is 0 Å². The first-order valence-corrected chi connectivity index (χ1v) is 19.6. The second-order valence-corrected chi connectivity index (χ2v) is 13.0. The van der Waals surface area contributed by atoms with Gasteiger partial charge in [-0.15, -0.1) is 0 Å². The molecule has 1 heterocycles. The topological polar surface area (TPSA) is 90.9 Å². The number of benzene rings is 6. The Balaban J connectivity index is -0.0000000204. The molecule has 7 aromatic rings. The van der Waals surface area contributed by atoms with E-state index in [1.165, 1.54) is 21.1 Å². The molecule has 0 unspecified atom stereocenters. The molecule has 20 heteroatoms. The third-order valence-corrected chi connectivity index (χ3v) is 5.72. The van der Waals surface area contributed by atoms with Crippen LogP contribution in [0.4, 0.5) is 0 Å². The Morgan fingerprint density at radius 1 is 0.220 bits per heavy atom. The molecule has 0 bridgehead atoms. The van der Waals surface area contributed by atoms with Gasteiger partial charge in [-0.25, -0.2) is 28.1 Å². The molecular formula is C62H105N5O5Y10-10. The summed E-state index contributed by atoms with van der Waals surface area (Å²) in [6, 6.07) is 72.0. The fraction of sp³-hybridized carbons (Fsp3) is 0.210. The Kier molecular flexibility index (Phi) is 273. The van der Waals surface area contributed by atoms with Gasteiger partial charge in [0.25, 0.3) is 0 Å². The average molecular weight is 1890 g/mol. The Morgan fingerprint density at radius 2 is 0.256 bits per heavy atom. The molecule has 1 aromatic heterocycles. The standard InChI is InChI=1S/C6H9N3O3.6C6H6.2C3H9N.2C2H6O.10CH3.10Y/c1-7-4(10)8(2)6(12)9(3)5(7)11;6*1-2-4-6-5-3-1;2*1-4(2)3;2*1-3-2;;;;;;;;;;;;;;;;;;;;/h1-3H3;6*1-6H;2*1-3H3;2*1-2H3;10*1H3;;;;;;;;;;/q;;;;;;;;;;;10*-1;;;;;;;;;;. The second kappa shape index (κ2) is 138. The summed E-state index contributed by atoms with van der Waals surface area (Å²) in [4.78, 5) is 37.2. The molecule has 10 nitrogen and oxygen atoms in total. The van der Waals surface area contributed by atoms with Crippen molar-refractivity contribution >= 4 is 0 Å². The Labute approximate surface area is 761 Å². The number of aromatic nitrogens is 3. The van der Waals surface area contributed by atoms with Crippen LogP contribution >= 0.6 is 0 Å². The Bertz CT molecular complexity index is 1500. The number of hydrogen-bond donors (Lipinski definition) is 0. The van der Waals surface area contributed by atoms with E-state index in [0.29, 0.717) is 0 Å². The average Bonchev–Trinajstić information content (AvgIpc) is 3.32. The van der Waals surface area contributed by atoms with Crippen molar-refractivity contribution in [1.82, 2.24) is 23.5 Å². The van der Waals surface area contributed by atoms with Crippen LogP contribution in [0.25, 0.3) is 0 Å². The van der Waals surface area contributed by atoms with Crippen LogP contribution in [0.5, 0.6) is 0 Å². The van der Waals surface area contributed by atoms with Gasteiger partial charge in [-0.2, -0.15) is 0 Å². The molecule has 0 fully saturated rings. The zero-order chi connectivity index (χ0) is 47.5. The van der Waals surface area contributed by atoms with Crippen molar-refractivity contribution in [3.05, 3.63) is 324 Å². The van der Waals surface area contributed by atoms with Gasteiger partial charge in [0.2, 0.25) is 0 Å². The maximum absolute atomic E-state index is 11.1. The first kappa shape index (κ1) is 162. The van der Waals surface area contributed by atoms with E-state index in [9.17, 15) is 14.4 Å². The maximum atomic E-state index is 11.1. The molecule has 82 heavy (non-hydrogen) atoms. The number of rotatable bonds is 0. The van der Waals surface area contributed by atoms with Gasteiger partial charge < -0.3 is 93.5 Å². The summed E-state index contributed by atoms with van der Waals surface area (Å²) >= 11 is 0. The van der Waals surface area contributed by atoms with E-state index in [0.717, 1.165) is 13.7 Å². The van der Waals surface area contributed by atoms with E-state index >= 15 is 0 Å². The van der Waals surface area contributed by atoms with E-state index in [4.69, 9.17) is 0 Å². The first-order valence-electron chi connectivity index (χ1n) is 19.6. The van der Waals surface area contributed by atoms with E-state index < -0.39 is 17.1 Å². The number of ether oxygens (including phenoxy) is 2. The molecule has 0 saturated carbocycles. The molecule has 0 atom stereocenters. The van der Waals surface area contributed by atoms with E-state index in [2.05, 4.69) is 9.47 Å². The van der Waals surface area contributed by atoms with E-state index in [1.54, 1.807) is 28.4 Å². The molecule has 0 N–H and O–H groups in total. The maximum Gasteiger partial charge on any atom is 0.335 e. The Morgan fingerprint density at radius 3 is 0.293 bits per heavy atom. The van der Waals surface area contributed by atoms with Crippen LogP contribution in [0.3, 0.4) is 0 Å². The fourth-order valence-corrected chi connectivity index (χ4v) is 3.23. The minimum absolute atomic E-state index is 0. The van der Waals surface area contributed by atoms with Crippen LogP contribution in [0.1, 0.15) is 0 Å². The molecule has 0 aliphatic heterocycles. The van der Waals surface area contributed by atoms with Gasteiger partial charge in [0, 0.05) is 377 Å². The van der Waals surface area contributed by atoms with Crippen molar-refractivity contribution in [1.29, 1.82) is 0 Å². The van der Waals surface area contributed by atoms with Crippen LogP contribution in [-0.2, 0) is 358 Å². The molecule has 0 aliphatic rings. The summed E-state index contributed by atoms with van der Waals surface area (Å²) in [5.74, 6) is 0. The van der Waals surface area contributed by atoms with Crippen molar-refractivity contribution in [2.24, 2.45) is 21.1 Å². The third kappa shape index (κ3) is 142. The SMILES string of the molecule is CN(C)C.CN(C)C.COC.COC.Cn1c(=O)n(C)c(=O)n(C)c1=O.[CH3-].[CH3-].[CH3-].[CH3-].[CH3-].[CH3-].[CH3-].[CH3-].[CH3-].[CH3-].[Y].[Y].[Y].[Y].[Y].[Y].[Y].[Y].[Y].[Y].c1ccccc1.c1ccccc1.c1ccccc1.c1ccccc1.c1ccccc1.c1ccccc1. The van der Waals surface area contributed by atoms with Gasteiger partial charge in [-0.3, -0.25) is 0 Å². The molecule has 0 saturated heterocycles. The summed E-state index contributed by atoms with van der Waals surface area (Å²) in [6.45, 7) is 0. The summed E-state index contributed by atoms with van der Waals surface area (Å²) < 4.78 is 11.1. The molecular weight excluding hydrogens is 1780 g/mol. The number of hydrogen-bond acceptors (Lipinski definition) is 7. The van der Waals surface area contributed by atoms with Gasteiger partial charge in [0.1, 0.15) is 0 Å². The second-order valence-electron chi connectivity index (χ2n) is 13.0. The summed E-state index contributed by atoms with van der Waals surface area (Å²) in [6.07, 6.45) is 0. The molecule has 6 aromatic carbocycles. The fourth-order valence-electron chi connectivity index (χ4n) is 3.23. The van der Waals surface area contributed by atoms with Crippen LogP contribution in [0.15, 0.2) is 233 Å². The molecule has 0 aliphatic carbocycles. The monoisotopic (exact) mass is 1890 g/mol. The zero-order valence-corrected chi connectivity index (χ0v) is 83.7. The van der Waals surface area contributed by atoms with Crippen LogP contribution in [0, 0.1) is 74.3 Å². The van der Waals surface area contributed by atoms with E-state index in [-0.39, 0.29) is 401 Å². The minimum Gasteiger partial charge on any atom is -0.388 e. The van der Waals surface area contributed by atoms with E-state index in [1.807, 2.05) is 270 Å². The molecule has 0 spiro atoms. The molecule has 448 valence electrons.